The summed E-state index contributed by atoms with van der Waals surface area (Å²) in [5.74, 6) is -1.54. The highest BCUT2D eigenvalue weighted by molar-refractivity contribution is 5.93. The van der Waals surface area contributed by atoms with Crippen LogP contribution in [0.3, 0.4) is 0 Å². The molecule has 3 amide bonds. The number of alkyl carbamates (subject to hydrolysis) is 1. The number of carbonyl (C=O) groups is 4. The van der Waals surface area contributed by atoms with Gasteiger partial charge in [-0.15, -0.1) is 0 Å². The lowest BCUT2D eigenvalue weighted by atomic mass is 9.87. The van der Waals surface area contributed by atoms with Gasteiger partial charge in [0.15, 0.2) is 5.78 Å². The first-order valence-corrected chi connectivity index (χ1v) is 15.9. The van der Waals surface area contributed by atoms with Crippen LogP contribution in [0.2, 0.25) is 0 Å². The average Bonchev–Trinajstić information content (AvgIpc) is 3.04. The number of amides is 3. The van der Waals surface area contributed by atoms with E-state index in [1.54, 1.807) is 0 Å². The van der Waals surface area contributed by atoms with Gasteiger partial charge in [-0.25, -0.2) is 4.79 Å². The summed E-state index contributed by atoms with van der Waals surface area (Å²) in [4.78, 5) is 52.8. The first-order chi connectivity index (χ1) is 21.7. The molecule has 1 saturated heterocycles. The van der Waals surface area contributed by atoms with Gasteiger partial charge >= 0.3 is 6.09 Å². The van der Waals surface area contributed by atoms with Crippen LogP contribution in [0.15, 0.2) is 72.8 Å². The van der Waals surface area contributed by atoms with Crippen molar-refractivity contribution < 1.29 is 29.0 Å². The summed E-state index contributed by atoms with van der Waals surface area (Å²) >= 11 is 0. The summed E-state index contributed by atoms with van der Waals surface area (Å²) in [7, 11) is 0. The van der Waals surface area contributed by atoms with Crippen LogP contribution in [-0.2, 0) is 32.1 Å². The maximum atomic E-state index is 14.0. The van der Waals surface area contributed by atoms with E-state index in [-0.39, 0.29) is 55.5 Å². The van der Waals surface area contributed by atoms with Crippen LogP contribution < -0.4 is 16.0 Å². The number of carbonyl (C=O) groups excluding carboxylic acids is 4. The lowest BCUT2D eigenvalue weighted by Crippen LogP contribution is -2.47. The lowest BCUT2D eigenvalue weighted by Gasteiger charge is -2.28. The van der Waals surface area contributed by atoms with Crippen molar-refractivity contribution in [3.63, 3.8) is 0 Å². The summed E-state index contributed by atoms with van der Waals surface area (Å²) in [6, 6.07) is 21.5. The molecule has 240 valence electrons. The number of fused-ring (bicyclic) bond motifs is 1. The number of aliphatic hydroxyl groups excluding tert-OH is 1. The predicted molar refractivity (Wildman–Crippen MR) is 173 cm³/mol. The molecular formula is C36H45N3O6. The Kier molecular flexibility index (Phi) is 12.5. The maximum absolute atomic E-state index is 14.0. The van der Waals surface area contributed by atoms with E-state index in [2.05, 4.69) is 16.0 Å². The number of hydrogen-bond donors (Lipinski definition) is 4. The highest BCUT2D eigenvalue weighted by Crippen LogP contribution is 2.23. The van der Waals surface area contributed by atoms with Crippen molar-refractivity contribution in [1.29, 1.82) is 0 Å². The largest absolute Gasteiger partial charge is 0.445 e. The lowest BCUT2D eigenvalue weighted by molar-refractivity contribution is -0.132. The monoisotopic (exact) mass is 615 g/mol. The number of benzene rings is 3. The van der Waals surface area contributed by atoms with Crippen molar-refractivity contribution in [2.24, 2.45) is 17.8 Å². The summed E-state index contributed by atoms with van der Waals surface area (Å²) in [6.45, 7) is 4.34. The van der Waals surface area contributed by atoms with E-state index in [9.17, 15) is 24.3 Å². The van der Waals surface area contributed by atoms with E-state index >= 15 is 0 Å². The molecule has 45 heavy (non-hydrogen) atoms. The third-order valence-corrected chi connectivity index (χ3v) is 8.31. The van der Waals surface area contributed by atoms with Crippen LogP contribution in [0.5, 0.6) is 0 Å². The number of ether oxygens (including phenoxy) is 1. The number of piperidine rings is 1. The summed E-state index contributed by atoms with van der Waals surface area (Å²) in [5, 5.41) is 20.6. The average molecular weight is 616 g/mol. The van der Waals surface area contributed by atoms with Gasteiger partial charge in [-0.05, 0) is 53.5 Å². The zero-order valence-electron chi connectivity index (χ0n) is 26.2. The van der Waals surface area contributed by atoms with E-state index in [4.69, 9.17) is 4.74 Å². The first kappa shape index (κ1) is 33.6. The topological polar surface area (TPSA) is 134 Å². The summed E-state index contributed by atoms with van der Waals surface area (Å²) < 4.78 is 5.46. The zero-order chi connectivity index (χ0) is 32.2. The number of Topliss-reactive ketones (excluding diaryl/α,β-unsaturated/α-hetero) is 1. The SMILES string of the molecule is CC(C)C[C@H](CC(=O)[C@@H](Cc1cccc2ccccc12)NC(=O)OCc1ccccc1)C(=O)N[C@H](CO)C[C@@H]1CCCNC1=O. The summed E-state index contributed by atoms with van der Waals surface area (Å²) in [5.41, 5.74) is 1.72. The number of rotatable bonds is 15. The minimum absolute atomic E-state index is 0.0573. The molecule has 1 heterocycles. The molecule has 1 aliphatic rings. The fraction of sp³-hybridized carbons (Fsp3) is 0.444. The highest BCUT2D eigenvalue weighted by atomic mass is 16.5. The molecule has 0 bridgehead atoms. The molecule has 9 nitrogen and oxygen atoms in total. The summed E-state index contributed by atoms with van der Waals surface area (Å²) in [6.07, 6.45) is 1.74. The molecule has 0 radical (unpaired) electrons. The standard InChI is InChI=1S/C36H45N3O6/c1-24(2)18-29(35(43)38-30(22-40)19-28-15-9-17-37-34(28)42)21-33(41)32(39-36(44)45-23-25-10-4-3-5-11-25)20-27-14-8-13-26-12-6-7-16-31(26)27/h3-8,10-14,16,24,28-30,32,40H,9,15,17-23H2,1-2H3,(H,37,42)(H,38,43)(H,39,44)/t28-,29+,30-,32+/m0/s1. The van der Waals surface area contributed by atoms with Gasteiger partial charge in [-0.2, -0.15) is 0 Å². The molecule has 0 aromatic heterocycles. The van der Waals surface area contributed by atoms with Crippen molar-refractivity contribution >= 4 is 34.5 Å². The van der Waals surface area contributed by atoms with Crippen molar-refractivity contribution in [3.8, 4) is 0 Å². The van der Waals surface area contributed by atoms with Gasteiger partial charge in [0.1, 0.15) is 6.61 Å². The smallest absolute Gasteiger partial charge is 0.408 e. The van der Waals surface area contributed by atoms with E-state index in [1.807, 2.05) is 86.6 Å². The van der Waals surface area contributed by atoms with Crippen molar-refractivity contribution in [2.45, 2.75) is 71.1 Å². The molecule has 0 spiro atoms. The van der Waals surface area contributed by atoms with Crippen LogP contribution in [0.1, 0.15) is 57.1 Å². The van der Waals surface area contributed by atoms with E-state index < -0.39 is 24.1 Å². The van der Waals surface area contributed by atoms with Gasteiger partial charge < -0.3 is 25.8 Å². The minimum Gasteiger partial charge on any atom is -0.445 e. The fourth-order valence-electron chi connectivity index (χ4n) is 5.98. The molecule has 4 N–H and O–H groups in total. The second-order valence-corrected chi connectivity index (χ2v) is 12.4. The Morgan fingerprint density at radius 3 is 2.44 bits per heavy atom. The van der Waals surface area contributed by atoms with Gasteiger partial charge in [0.2, 0.25) is 11.8 Å². The third-order valence-electron chi connectivity index (χ3n) is 8.31. The molecule has 0 aliphatic carbocycles. The second kappa shape index (κ2) is 16.7. The van der Waals surface area contributed by atoms with Gasteiger partial charge in [0.25, 0.3) is 0 Å². The molecular weight excluding hydrogens is 570 g/mol. The Balaban J connectivity index is 1.50. The van der Waals surface area contributed by atoms with Crippen LogP contribution >= 0.6 is 0 Å². The van der Waals surface area contributed by atoms with Crippen molar-refractivity contribution in [1.82, 2.24) is 16.0 Å². The van der Waals surface area contributed by atoms with Crippen LogP contribution in [0.25, 0.3) is 10.8 Å². The minimum atomic E-state index is -0.930. The Morgan fingerprint density at radius 2 is 1.71 bits per heavy atom. The Labute approximate surface area is 265 Å². The molecule has 3 aromatic rings. The van der Waals surface area contributed by atoms with Gasteiger partial charge in [-0.1, -0.05) is 86.6 Å². The van der Waals surface area contributed by atoms with Crippen LogP contribution in [-0.4, -0.2) is 54.0 Å². The normalized spacial score (nSPS) is 16.8. The van der Waals surface area contributed by atoms with Crippen LogP contribution in [0, 0.1) is 17.8 Å². The Morgan fingerprint density at radius 1 is 0.978 bits per heavy atom. The quantitative estimate of drug-likeness (QED) is 0.196. The molecule has 3 aromatic carbocycles. The van der Waals surface area contributed by atoms with Crippen LogP contribution in [0.4, 0.5) is 4.79 Å². The third kappa shape index (κ3) is 10.1. The number of aliphatic hydroxyl groups is 1. The molecule has 1 fully saturated rings. The maximum Gasteiger partial charge on any atom is 0.408 e. The molecule has 4 rings (SSSR count). The molecule has 0 saturated carbocycles. The predicted octanol–water partition coefficient (Wildman–Crippen LogP) is 4.69. The highest BCUT2D eigenvalue weighted by Gasteiger charge is 2.32. The molecule has 1 aliphatic heterocycles. The molecule has 4 atom stereocenters. The second-order valence-electron chi connectivity index (χ2n) is 12.4. The van der Waals surface area contributed by atoms with Gasteiger partial charge in [0, 0.05) is 31.2 Å². The van der Waals surface area contributed by atoms with Gasteiger partial charge in [0.05, 0.1) is 18.7 Å². The Hall–Kier alpha value is -4.24. The Bertz CT molecular complexity index is 1440. The van der Waals surface area contributed by atoms with E-state index in [0.717, 1.165) is 28.3 Å². The fourth-order valence-corrected chi connectivity index (χ4v) is 5.98. The number of hydrogen-bond acceptors (Lipinski definition) is 6. The molecule has 9 heteroatoms. The van der Waals surface area contributed by atoms with Crippen molar-refractivity contribution in [3.05, 3.63) is 83.9 Å². The first-order valence-electron chi connectivity index (χ1n) is 15.9. The molecule has 0 unspecified atom stereocenters. The van der Waals surface area contributed by atoms with E-state index in [0.29, 0.717) is 25.8 Å². The van der Waals surface area contributed by atoms with Gasteiger partial charge in [-0.3, -0.25) is 14.4 Å². The number of nitrogens with one attached hydrogen (secondary N) is 3. The van der Waals surface area contributed by atoms with E-state index in [1.165, 1.54) is 0 Å². The van der Waals surface area contributed by atoms with Crippen molar-refractivity contribution in [2.75, 3.05) is 13.2 Å². The zero-order valence-corrected chi connectivity index (χ0v) is 26.2. The number of ketones is 1.